The molecule has 2 nitrogen and oxygen atoms in total. The van der Waals surface area contributed by atoms with Crippen molar-refractivity contribution in [1.29, 1.82) is 0 Å². The van der Waals surface area contributed by atoms with E-state index in [0.717, 1.165) is 31.9 Å². The summed E-state index contributed by atoms with van der Waals surface area (Å²) in [4.78, 5) is 0. The molecule has 0 unspecified atom stereocenters. The first-order valence-electron chi connectivity index (χ1n) is 7.70. The minimum atomic E-state index is 0.681. The van der Waals surface area contributed by atoms with Gasteiger partial charge in [-0.25, -0.2) is 0 Å². The number of nitrogens with one attached hydrogen (secondary N) is 1. The van der Waals surface area contributed by atoms with Crippen LogP contribution in [0.5, 0.6) is 5.75 Å². The molecule has 0 aliphatic heterocycles. The normalized spacial score (nSPS) is 10.8. The molecule has 2 rings (SSSR count). The van der Waals surface area contributed by atoms with E-state index >= 15 is 0 Å². The average Bonchev–Trinajstić information content (AvgIpc) is 2.48. The Morgan fingerprint density at radius 1 is 0.905 bits per heavy atom. The fourth-order valence-electron chi connectivity index (χ4n) is 2.10. The van der Waals surface area contributed by atoms with Gasteiger partial charge in [0.25, 0.3) is 0 Å². The smallest absolute Gasteiger partial charge is 0.119 e. The van der Waals surface area contributed by atoms with Gasteiger partial charge in [0.15, 0.2) is 0 Å². The zero-order valence-corrected chi connectivity index (χ0v) is 13.0. The van der Waals surface area contributed by atoms with Crippen LogP contribution in [-0.4, -0.2) is 6.61 Å². The topological polar surface area (TPSA) is 21.3 Å². The summed E-state index contributed by atoms with van der Waals surface area (Å²) in [5.74, 6) is 1.65. The van der Waals surface area contributed by atoms with Crippen molar-refractivity contribution in [2.75, 3.05) is 6.61 Å². The van der Waals surface area contributed by atoms with Crippen LogP contribution in [0.2, 0.25) is 0 Å². The standard InChI is InChI=1S/C19H25NO/c1-16(2)11-12-21-19-10-6-9-18(13-19)15-20-14-17-7-4-3-5-8-17/h3-10,13,16,20H,11-12,14-15H2,1-2H3. The molecule has 0 spiro atoms. The van der Waals surface area contributed by atoms with Gasteiger partial charge in [0, 0.05) is 13.1 Å². The predicted molar refractivity (Wildman–Crippen MR) is 88.4 cm³/mol. The minimum absolute atomic E-state index is 0.681. The van der Waals surface area contributed by atoms with Crippen LogP contribution in [0.25, 0.3) is 0 Å². The van der Waals surface area contributed by atoms with Gasteiger partial charge in [-0.15, -0.1) is 0 Å². The van der Waals surface area contributed by atoms with E-state index in [1.54, 1.807) is 0 Å². The quantitative estimate of drug-likeness (QED) is 0.775. The molecular weight excluding hydrogens is 258 g/mol. The van der Waals surface area contributed by atoms with Crippen LogP contribution in [0.1, 0.15) is 31.4 Å². The van der Waals surface area contributed by atoms with Gasteiger partial charge in [-0.1, -0.05) is 56.3 Å². The van der Waals surface area contributed by atoms with Gasteiger partial charge in [0.2, 0.25) is 0 Å². The third-order valence-electron chi connectivity index (χ3n) is 3.36. The molecule has 0 fully saturated rings. The highest BCUT2D eigenvalue weighted by Crippen LogP contribution is 2.14. The first-order chi connectivity index (χ1) is 10.2. The van der Waals surface area contributed by atoms with E-state index < -0.39 is 0 Å². The molecular formula is C19H25NO. The molecule has 0 aliphatic rings. The van der Waals surface area contributed by atoms with Gasteiger partial charge in [0.1, 0.15) is 5.75 Å². The van der Waals surface area contributed by atoms with Crippen LogP contribution in [0, 0.1) is 5.92 Å². The maximum atomic E-state index is 5.79. The molecule has 0 amide bonds. The van der Waals surface area contributed by atoms with E-state index in [2.05, 4.69) is 61.6 Å². The Bertz CT molecular complexity index is 522. The van der Waals surface area contributed by atoms with Gasteiger partial charge in [-0.2, -0.15) is 0 Å². The van der Waals surface area contributed by atoms with Crippen molar-refractivity contribution >= 4 is 0 Å². The van der Waals surface area contributed by atoms with Gasteiger partial charge in [0.05, 0.1) is 6.61 Å². The first-order valence-corrected chi connectivity index (χ1v) is 7.70. The van der Waals surface area contributed by atoms with E-state index in [9.17, 15) is 0 Å². The van der Waals surface area contributed by atoms with Crippen molar-refractivity contribution in [3.8, 4) is 5.75 Å². The predicted octanol–water partition coefficient (Wildman–Crippen LogP) is 4.40. The van der Waals surface area contributed by atoms with Crippen LogP contribution in [0.3, 0.4) is 0 Å². The minimum Gasteiger partial charge on any atom is -0.494 e. The molecule has 0 bridgehead atoms. The van der Waals surface area contributed by atoms with Gasteiger partial charge in [-0.3, -0.25) is 0 Å². The van der Waals surface area contributed by atoms with Crippen LogP contribution in [-0.2, 0) is 13.1 Å². The average molecular weight is 283 g/mol. The monoisotopic (exact) mass is 283 g/mol. The van der Waals surface area contributed by atoms with Crippen molar-refractivity contribution in [1.82, 2.24) is 5.32 Å². The van der Waals surface area contributed by atoms with Crippen molar-refractivity contribution < 1.29 is 4.74 Å². The van der Waals surface area contributed by atoms with Crippen molar-refractivity contribution in [2.24, 2.45) is 5.92 Å². The number of ether oxygens (including phenoxy) is 1. The summed E-state index contributed by atoms with van der Waals surface area (Å²) in [5, 5.41) is 3.46. The Labute approximate surface area is 128 Å². The molecule has 2 aromatic carbocycles. The first kappa shape index (κ1) is 15.6. The largest absolute Gasteiger partial charge is 0.494 e. The number of benzene rings is 2. The lowest BCUT2D eigenvalue weighted by Crippen LogP contribution is -2.12. The highest BCUT2D eigenvalue weighted by Gasteiger charge is 1.99. The molecule has 0 aromatic heterocycles. The summed E-state index contributed by atoms with van der Waals surface area (Å²) in [7, 11) is 0. The Hall–Kier alpha value is -1.80. The highest BCUT2D eigenvalue weighted by atomic mass is 16.5. The third-order valence-corrected chi connectivity index (χ3v) is 3.36. The van der Waals surface area contributed by atoms with Crippen molar-refractivity contribution in [2.45, 2.75) is 33.4 Å². The molecule has 0 saturated carbocycles. The van der Waals surface area contributed by atoms with Crippen LogP contribution < -0.4 is 10.1 Å². The lowest BCUT2D eigenvalue weighted by Gasteiger charge is -2.10. The van der Waals surface area contributed by atoms with Gasteiger partial charge in [-0.05, 0) is 35.6 Å². The summed E-state index contributed by atoms with van der Waals surface area (Å²) in [5.41, 5.74) is 2.56. The Balaban J connectivity index is 1.78. The van der Waals surface area contributed by atoms with E-state index in [4.69, 9.17) is 4.74 Å². The Morgan fingerprint density at radius 3 is 2.38 bits per heavy atom. The fourth-order valence-corrected chi connectivity index (χ4v) is 2.10. The molecule has 0 atom stereocenters. The second-order valence-corrected chi connectivity index (χ2v) is 5.77. The summed E-state index contributed by atoms with van der Waals surface area (Å²) in [6.45, 7) is 6.97. The molecule has 0 saturated heterocycles. The summed E-state index contributed by atoms with van der Waals surface area (Å²) in [6, 6.07) is 18.8. The summed E-state index contributed by atoms with van der Waals surface area (Å²) in [6.07, 6.45) is 1.09. The second-order valence-electron chi connectivity index (χ2n) is 5.77. The zero-order chi connectivity index (χ0) is 14.9. The van der Waals surface area contributed by atoms with Crippen LogP contribution in [0.4, 0.5) is 0 Å². The van der Waals surface area contributed by atoms with E-state index in [1.165, 1.54) is 11.1 Å². The molecule has 1 N–H and O–H groups in total. The van der Waals surface area contributed by atoms with Gasteiger partial charge < -0.3 is 10.1 Å². The maximum Gasteiger partial charge on any atom is 0.119 e. The SMILES string of the molecule is CC(C)CCOc1cccc(CNCc2ccccc2)c1. The molecule has 0 aliphatic carbocycles. The van der Waals surface area contributed by atoms with Crippen molar-refractivity contribution in [3.63, 3.8) is 0 Å². The molecule has 0 radical (unpaired) electrons. The fraction of sp³-hybridized carbons (Fsp3) is 0.368. The Morgan fingerprint density at radius 2 is 1.62 bits per heavy atom. The van der Waals surface area contributed by atoms with Gasteiger partial charge >= 0.3 is 0 Å². The summed E-state index contributed by atoms with van der Waals surface area (Å²) >= 11 is 0. The zero-order valence-electron chi connectivity index (χ0n) is 13.0. The molecule has 2 aromatic rings. The molecule has 21 heavy (non-hydrogen) atoms. The molecule has 2 heteroatoms. The Kier molecular flexibility index (Phi) is 6.29. The molecule has 0 heterocycles. The van der Waals surface area contributed by atoms with E-state index in [-0.39, 0.29) is 0 Å². The van der Waals surface area contributed by atoms with Crippen LogP contribution in [0.15, 0.2) is 54.6 Å². The number of rotatable bonds is 8. The van der Waals surface area contributed by atoms with Crippen molar-refractivity contribution in [3.05, 3.63) is 65.7 Å². The highest BCUT2D eigenvalue weighted by molar-refractivity contribution is 5.28. The second kappa shape index (κ2) is 8.48. The lowest BCUT2D eigenvalue weighted by atomic mass is 10.1. The maximum absolute atomic E-state index is 5.79. The number of hydrogen-bond donors (Lipinski definition) is 1. The van der Waals surface area contributed by atoms with E-state index in [0.29, 0.717) is 5.92 Å². The molecule has 112 valence electrons. The summed E-state index contributed by atoms with van der Waals surface area (Å²) < 4.78 is 5.79. The van der Waals surface area contributed by atoms with E-state index in [1.807, 2.05) is 12.1 Å². The number of hydrogen-bond acceptors (Lipinski definition) is 2. The van der Waals surface area contributed by atoms with Crippen LogP contribution >= 0.6 is 0 Å². The lowest BCUT2D eigenvalue weighted by molar-refractivity contribution is 0.289. The third kappa shape index (κ3) is 6.01.